The molecule has 1 aromatic rings. The molecule has 152 valence electrons. The lowest BCUT2D eigenvalue weighted by Crippen LogP contribution is -3.16. The van der Waals surface area contributed by atoms with Crippen LogP contribution < -0.4 is 4.90 Å². The van der Waals surface area contributed by atoms with E-state index in [1.54, 1.807) is 24.3 Å². The van der Waals surface area contributed by atoms with Gasteiger partial charge in [-0.2, -0.15) is 4.31 Å². The molecule has 2 saturated heterocycles. The Bertz CT molecular complexity index is 836. The molecule has 3 fully saturated rings. The molecule has 28 heavy (non-hydrogen) atoms. The smallest absolute Gasteiger partial charge is 0.243 e. The average Bonchev–Trinajstić information content (AvgIpc) is 2.94. The summed E-state index contributed by atoms with van der Waals surface area (Å²) in [5.41, 5.74) is 1.02. The Kier molecular flexibility index (Phi) is 5.28. The minimum Gasteiger partial charge on any atom is -0.315 e. The number of imide groups is 1. The van der Waals surface area contributed by atoms with Gasteiger partial charge >= 0.3 is 0 Å². The molecule has 2 heterocycles. The number of hydrogen-bond acceptors (Lipinski definition) is 4. The monoisotopic (exact) mass is 406 g/mol. The molecule has 3 aliphatic rings. The van der Waals surface area contributed by atoms with Crippen LogP contribution in [0.1, 0.15) is 31.2 Å². The first-order valence-electron chi connectivity index (χ1n) is 10.1. The van der Waals surface area contributed by atoms with Gasteiger partial charge in [-0.25, -0.2) is 13.3 Å². The molecule has 1 aliphatic carbocycles. The van der Waals surface area contributed by atoms with Crippen molar-refractivity contribution < 1.29 is 22.9 Å². The van der Waals surface area contributed by atoms with Gasteiger partial charge in [0.2, 0.25) is 21.8 Å². The van der Waals surface area contributed by atoms with Crippen LogP contribution in [0.2, 0.25) is 0 Å². The highest BCUT2D eigenvalue weighted by Gasteiger charge is 2.49. The van der Waals surface area contributed by atoms with Crippen molar-refractivity contribution >= 4 is 21.8 Å². The number of carbonyl (C=O) groups is 2. The highest BCUT2D eigenvalue weighted by atomic mass is 32.2. The van der Waals surface area contributed by atoms with Gasteiger partial charge in [-0.3, -0.25) is 9.59 Å². The molecule has 4 rings (SSSR count). The Morgan fingerprint density at radius 2 is 1.50 bits per heavy atom. The summed E-state index contributed by atoms with van der Waals surface area (Å²) in [5, 5.41) is 0. The quantitative estimate of drug-likeness (QED) is 0.715. The number of aryl methyl sites for hydroxylation is 1. The van der Waals surface area contributed by atoms with Crippen LogP contribution in [0.25, 0.3) is 0 Å². The Balaban J connectivity index is 1.37. The van der Waals surface area contributed by atoms with Crippen LogP contribution in [0.15, 0.2) is 29.2 Å². The predicted octanol–water partition coefficient (Wildman–Crippen LogP) is 0.0169. The number of sulfonamides is 1. The van der Waals surface area contributed by atoms with Crippen LogP contribution in [0.5, 0.6) is 0 Å². The number of nitrogens with zero attached hydrogens (tertiary/aromatic N) is 2. The van der Waals surface area contributed by atoms with Crippen molar-refractivity contribution in [3.05, 3.63) is 29.8 Å². The number of rotatable bonds is 4. The van der Waals surface area contributed by atoms with E-state index >= 15 is 0 Å². The Hall–Kier alpha value is -1.77. The van der Waals surface area contributed by atoms with Crippen LogP contribution in [0.4, 0.5) is 0 Å². The zero-order chi connectivity index (χ0) is 19.9. The zero-order valence-electron chi connectivity index (χ0n) is 16.3. The average molecular weight is 407 g/mol. The first-order valence-corrected chi connectivity index (χ1v) is 11.6. The zero-order valence-corrected chi connectivity index (χ0v) is 17.1. The molecule has 8 heteroatoms. The van der Waals surface area contributed by atoms with E-state index in [2.05, 4.69) is 0 Å². The van der Waals surface area contributed by atoms with E-state index in [0.717, 1.165) is 36.1 Å². The fourth-order valence-electron chi connectivity index (χ4n) is 4.67. The molecule has 1 saturated carbocycles. The lowest BCUT2D eigenvalue weighted by atomic mass is 9.81. The summed E-state index contributed by atoms with van der Waals surface area (Å²) in [6.07, 6.45) is 3.69. The molecule has 2 atom stereocenters. The van der Waals surface area contributed by atoms with Gasteiger partial charge in [-0.05, 0) is 31.9 Å². The Morgan fingerprint density at radius 1 is 0.964 bits per heavy atom. The molecule has 0 spiro atoms. The number of carbonyl (C=O) groups excluding carboxylic acids is 2. The molecular formula is C20H28N3O4S+. The van der Waals surface area contributed by atoms with Crippen molar-refractivity contribution in [1.82, 2.24) is 9.21 Å². The maximum atomic E-state index is 12.8. The number of benzene rings is 1. The third-order valence-corrected chi connectivity index (χ3v) is 8.32. The lowest BCUT2D eigenvalue weighted by Gasteiger charge is -2.33. The van der Waals surface area contributed by atoms with Crippen LogP contribution >= 0.6 is 0 Å². The van der Waals surface area contributed by atoms with Gasteiger partial charge in [0.1, 0.15) is 0 Å². The fraction of sp³-hybridized carbons (Fsp3) is 0.600. The summed E-state index contributed by atoms with van der Waals surface area (Å²) in [7, 11) is -3.50. The van der Waals surface area contributed by atoms with Gasteiger partial charge in [0, 0.05) is 0 Å². The van der Waals surface area contributed by atoms with Gasteiger partial charge in [0.05, 0.1) is 42.9 Å². The number of piperazine rings is 1. The molecule has 1 aromatic carbocycles. The summed E-state index contributed by atoms with van der Waals surface area (Å²) in [6.45, 7) is 4.27. The fourth-order valence-corrected chi connectivity index (χ4v) is 6.11. The number of likely N-dealkylation sites (tertiary alicyclic amines) is 1. The largest absolute Gasteiger partial charge is 0.315 e. The van der Waals surface area contributed by atoms with Crippen LogP contribution in [0, 0.1) is 18.8 Å². The third-order valence-electron chi connectivity index (χ3n) is 6.40. The van der Waals surface area contributed by atoms with E-state index in [4.69, 9.17) is 0 Å². The van der Waals surface area contributed by atoms with Crippen molar-refractivity contribution in [2.24, 2.45) is 11.8 Å². The first-order chi connectivity index (χ1) is 13.4. The Labute approximate surface area is 166 Å². The summed E-state index contributed by atoms with van der Waals surface area (Å²) in [6, 6.07) is 6.90. The normalized spacial score (nSPS) is 27.2. The lowest BCUT2D eigenvalue weighted by molar-refractivity contribution is -0.910. The van der Waals surface area contributed by atoms with Gasteiger partial charge in [-0.1, -0.05) is 30.5 Å². The van der Waals surface area contributed by atoms with E-state index < -0.39 is 10.0 Å². The van der Waals surface area contributed by atoms with Crippen LogP contribution in [-0.4, -0.2) is 62.3 Å². The topological polar surface area (TPSA) is 79.2 Å². The Morgan fingerprint density at radius 3 is 2.04 bits per heavy atom. The highest BCUT2D eigenvalue weighted by molar-refractivity contribution is 7.89. The van der Waals surface area contributed by atoms with Crippen LogP contribution in [-0.2, 0) is 19.6 Å². The second-order valence-electron chi connectivity index (χ2n) is 8.23. The third kappa shape index (κ3) is 3.49. The second-order valence-corrected chi connectivity index (χ2v) is 10.2. The molecule has 2 aliphatic heterocycles. The molecule has 1 N–H and O–H groups in total. The van der Waals surface area contributed by atoms with Crippen LogP contribution in [0.3, 0.4) is 0 Å². The molecule has 0 aromatic heterocycles. The van der Waals surface area contributed by atoms with Crippen molar-refractivity contribution in [2.75, 3.05) is 32.8 Å². The SMILES string of the molecule is Cc1ccc(S(=O)(=O)N2CC[NH+](CN3C(=O)[C@H]4CCCC[C@H]4C3=O)CC2)cc1. The van der Waals surface area contributed by atoms with Crippen molar-refractivity contribution in [3.63, 3.8) is 0 Å². The standard InChI is InChI=1S/C20H27N3O4S/c1-15-6-8-16(9-7-15)28(26,27)22-12-10-21(11-13-22)14-23-19(24)17-4-2-3-5-18(17)20(23)25/h6-9,17-18H,2-5,10-14H2,1H3/p+1/t17-,18+. The minimum atomic E-state index is -3.50. The summed E-state index contributed by atoms with van der Waals surface area (Å²) < 4.78 is 27.2. The van der Waals surface area contributed by atoms with Gasteiger partial charge in [0.15, 0.2) is 6.67 Å². The number of quaternary nitrogens is 1. The molecular weight excluding hydrogens is 378 g/mol. The molecule has 2 amide bonds. The van der Waals surface area contributed by atoms with Gasteiger partial charge in [-0.15, -0.1) is 0 Å². The number of nitrogens with one attached hydrogen (secondary N) is 1. The predicted molar refractivity (Wildman–Crippen MR) is 103 cm³/mol. The van der Waals surface area contributed by atoms with Crippen molar-refractivity contribution in [2.45, 2.75) is 37.5 Å². The maximum absolute atomic E-state index is 12.8. The van der Waals surface area contributed by atoms with E-state index in [0.29, 0.717) is 37.7 Å². The maximum Gasteiger partial charge on any atom is 0.243 e. The van der Waals surface area contributed by atoms with E-state index in [1.807, 2.05) is 6.92 Å². The van der Waals surface area contributed by atoms with E-state index in [-0.39, 0.29) is 23.7 Å². The van der Waals surface area contributed by atoms with Crippen molar-refractivity contribution in [1.29, 1.82) is 0 Å². The van der Waals surface area contributed by atoms with Crippen molar-refractivity contribution in [3.8, 4) is 0 Å². The number of fused-ring (bicyclic) bond motifs is 1. The van der Waals surface area contributed by atoms with E-state index in [9.17, 15) is 18.0 Å². The highest BCUT2D eigenvalue weighted by Crippen LogP contribution is 2.37. The number of amides is 2. The molecule has 0 unspecified atom stereocenters. The first kappa shape index (κ1) is 19.5. The van der Waals surface area contributed by atoms with Gasteiger partial charge < -0.3 is 4.90 Å². The molecule has 7 nitrogen and oxygen atoms in total. The van der Waals surface area contributed by atoms with Gasteiger partial charge in [0.25, 0.3) is 0 Å². The summed E-state index contributed by atoms with van der Waals surface area (Å²) >= 11 is 0. The van der Waals surface area contributed by atoms with E-state index in [1.165, 1.54) is 9.21 Å². The second kappa shape index (κ2) is 7.57. The summed E-state index contributed by atoms with van der Waals surface area (Å²) in [4.78, 5) is 28.1. The number of hydrogen-bond donors (Lipinski definition) is 1. The summed E-state index contributed by atoms with van der Waals surface area (Å²) in [5.74, 6) is -0.276. The minimum absolute atomic E-state index is 0.0168. The molecule has 0 radical (unpaired) electrons. The molecule has 0 bridgehead atoms.